The molecule has 0 aliphatic rings. The summed E-state index contributed by atoms with van der Waals surface area (Å²) in [5, 5.41) is 14.8. The fourth-order valence-electron chi connectivity index (χ4n) is 1.94. The van der Waals surface area contributed by atoms with E-state index in [0.29, 0.717) is 15.7 Å². The second-order valence-corrected chi connectivity index (χ2v) is 5.57. The normalized spacial score (nSPS) is 11.1. The van der Waals surface area contributed by atoms with E-state index in [0.717, 1.165) is 5.56 Å². The number of aliphatic carboxylic acids is 1. The number of halogens is 1. The lowest BCUT2D eigenvalue weighted by Crippen LogP contribution is -2.24. The average Bonchev–Trinajstić information content (AvgIpc) is 2.55. The zero-order chi connectivity index (χ0) is 16.7. The van der Waals surface area contributed by atoms with E-state index < -0.39 is 5.97 Å². The van der Waals surface area contributed by atoms with E-state index >= 15 is 0 Å². The molecule has 0 fully saturated rings. The summed E-state index contributed by atoms with van der Waals surface area (Å²) in [5.74, 6) is -1.54. The van der Waals surface area contributed by atoms with Crippen LogP contribution in [0, 0.1) is 0 Å². The monoisotopic (exact) mass is 373 g/mol. The molecule has 2 rings (SSSR count). The van der Waals surface area contributed by atoms with Gasteiger partial charge in [0, 0.05) is 10.4 Å². The zero-order valence-electron chi connectivity index (χ0n) is 12.2. The van der Waals surface area contributed by atoms with Gasteiger partial charge in [-0.05, 0) is 46.5 Å². The zero-order valence-corrected chi connectivity index (χ0v) is 13.7. The molecule has 1 N–H and O–H groups in total. The summed E-state index contributed by atoms with van der Waals surface area (Å²) in [6.45, 7) is 0. The molecular formula is C17H14BrN2O3-. The average molecular weight is 374 g/mol. The summed E-state index contributed by atoms with van der Waals surface area (Å²) in [6, 6.07) is 16.1. The minimum Gasteiger partial charge on any atom is -0.550 e. The summed E-state index contributed by atoms with van der Waals surface area (Å²) in [7, 11) is 0. The summed E-state index contributed by atoms with van der Waals surface area (Å²) in [6.07, 6.45) is 0.00121. The second-order valence-electron chi connectivity index (χ2n) is 4.72. The van der Waals surface area contributed by atoms with Gasteiger partial charge in [0.2, 0.25) is 0 Å². The van der Waals surface area contributed by atoms with Crippen LogP contribution in [0.15, 0.2) is 64.2 Å². The number of benzene rings is 2. The number of carboxylic acid groups (broad SMARTS) is 1. The fourth-order valence-corrected chi connectivity index (χ4v) is 2.40. The molecule has 0 unspecified atom stereocenters. The lowest BCUT2D eigenvalue weighted by molar-refractivity contribution is -0.305. The van der Waals surface area contributed by atoms with Gasteiger partial charge in [0.15, 0.2) is 0 Å². The Morgan fingerprint density at radius 3 is 2.30 bits per heavy atom. The van der Waals surface area contributed by atoms with E-state index in [1.54, 1.807) is 36.4 Å². The van der Waals surface area contributed by atoms with Gasteiger partial charge in [-0.15, -0.1) is 0 Å². The van der Waals surface area contributed by atoms with Crippen molar-refractivity contribution >= 4 is 33.5 Å². The Kier molecular flexibility index (Phi) is 6.05. The van der Waals surface area contributed by atoms with E-state index in [2.05, 4.69) is 26.5 Å². The van der Waals surface area contributed by atoms with Crippen LogP contribution in [0.25, 0.3) is 0 Å². The maximum Gasteiger partial charge on any atom is 0.272 e. The number of carboxylic acids is 1. The Bertz CT molecular complexity index is 730. The van der Waals surface area contributed by atoms with Crippen molar-refractivity contribution in [3.8, 4) is 0 Å². The molecule has 118 valence electrons. The maximum absolute atomic E-state index is 12.2. The van der Waals surface area contributed by atoms with E-state index in [1.165, 1.54) is 0 Å². The third kappa shape index (κ3) is 5.03. The number of hydrazone groups is 1. The number of hydrogen-bond acceptors (Lipinski definition) is 4. The molecule has 0 atom stereocenters. The predicted molar refractivity (Wildman–Crippen MR) is 88.8 cm³/mol. The van der Waals surface area contributed by atoms with Gasteiger partial charge in [0.25, 0.3) is 5.91 Å². The third-order valence-corrected chi connectivity index (χ3v) is 3.78. The molecule has 6 heteroatoms. The molecule has 0 aromatic heterocycles. The maximum atomic E-state index is 12.2. The quantitative estimate of drug-likeness (QED) is 0.621. The van der Waals surface area contributed by atoms with Gasteiger partial charge in [-0.25, -0.2) is 5.43 Å². The first kappa shape index (κ1) is 16.9. The van der Waals surface area contributed by atoms with Crippen molar-refractivity contribution in [1.29, 1.82) is 0 Å². The summed E-state index contributed by atoms with van der Waals surface area (Å²) in [5.41, 5.74) is 4.15. The van der Waals surface area contributed by atoms with Crippen LogP contribution in [0.4, 0.5) is 0 Å². The lowest BCUT2D eigenvalue weighted by Gasteiger charge is -2.09. The van der Waals surface area contributed by atoms with Crippen molar-refractivity contribution in [1.82, 2.24) is 5.43 Å². The van der Waals surface area contributed by atoms with Crippen molar-refractivity contribution in [2.75, 3.05) is 0 Å². The van der Waals surface area contributed by atoms with Crippen molar-refractivity contribution in [2.45, 2.75) is 12.8 Å². The van der Waals surface area contributed by atoms with Gasteiger partial charge in [-0.1, -0.05) is 42.5 Å². The molecule has 0 radical (unpaired) electrons. The molecule has 0 aliphatic heterocycles. The van der Waals surface area contributed by atoms with Crippen LogP contribution >= 0.6 is 15.9 Å². The molecule has 0 heterocycles. The first-order chi connectivity index (χ1) is 11.1. The van der Waals surface area contributed by atoms with Crippen LogP contribution in [0.3, 0.4) is 0 Å². The van der Waals surface area contributed by atoms with Gasteiger partial charge in [-0.3, -0.25) is 4.79 Å². The van der Waals surface area contributed by atoms with Crippen molar-refractivity contribution < 1.29 is 14.7 Å². The first-order valence-corrected chi connectivity index (χ1v) is 7.74. The molecule has 0 saturated heterocycles. The molecular weight excluding hydrogens is 360 g/mol. The summed E-state index contributed by atoms with van der Waals surface area (Å²) >= 11 is 3.30. The van der Waals surface area contributed by atoms with Crippen LogP contribution in [-0.2, 0) is 4.79 Å². The highest BCUT2D eigenvalue weighted by Gasteiger charge is 2.10. The minimum absolute atomic E-state index is 0.168. The number of nitrogens with one attached hydrogen (secondary N) is 1. The van der Waals surface area contributed by atoms with Gasteiger partial charge < -0.3 is 9.90 Å². The highest BCUT2D eigenvalue weighted by molar-refractivity contribution is 9.10. The van der Waals surface area contributed by atoms with E-state index in [1.807, 2.05) is 18.2 Å². The Morgan fingerprint density at radius 1 is 1.00 bits per heavy atom. The summed E-state index contributed by atoms with van der Waals surface area (Å²) in [4.78, 5) is 22.8. The van der Waals surface area contributed by atoms with Crippen molar-refractivity contribution in [3.05, 3.63) is 70.2 Å². The first-order valence-electron chi connectivity index (χ1n) is 6.94. The standard InChI is InChI=1S/C17H15BrN2O3/c18-14-9-5-4-8-13(14)17(23)20-19-15(10-11-16(21)22)12-6-2-1-3-7-12/h1-9H,10-11H2,(H,20,23)(H,21,22)/p-1/b19-15-. The number of carbonyl (C=O) groups is 2. The molecule has 23 heavy (non-hydrogen) atoms. The fraction of sp³-hybridized carbons (Fsp3) is 0.118. The largest absolute Gasteiger partial charge is 0.550 e. The van der Waals surface area contributed by atoms with E-state index in [-0.39, 0.29) is 18.7 Å². The Hall–Kier alpha value is -2.47. The smallest absolute Gasteiger partial charge is 0.272 e. The second kappa shape index (κ2) is 8.24. The molecule has 5 nitrogen and oxygen atoms in total. The Morgan fingerprint density at radius 2 is 1.65 bits per heavy atom. The number of nitrogens with zero attached hydrogens (tertiary/aromatic N) is 1. The van der Waals surface area contributed by atoms with E-state index in [9.17, 15) is 14.7 Å². The van der Waals surface area contributed by atoms with Crippen molar-refractivity contribution in [3.63, 3.8) is 0 Å². The van der Waals surface area contributed by atoms with Crippen LogP contribution in [0.2, 0.25) is 0 Å². The molecule has 0 bridgehead atoms. The number of rotatable bonds is 6. The number of hydrogen-bond donors (Lipinski definition) is 1. The molecule has 2 aromatic rings. The lowest BCUT2D eigenvalue weighted by atomic mass is 10.1. The molecule has 0 saturated carbocycles. The Balaban J connectivity index is 2.18. The predicted octanol–water partition coefficient (Wildman–Crippen LogP) is 2.11. The number of amides is 1. The van der Waals surface area contributed by atoms with Gasteiger partial charge >= 0.3 is 0 Å². The molecule has 0 spiro atoms. The molecule has 2 aromatic carbocycles. The van der Waals surface area contributed by atoms with Crippen LogP contribution < -0.4 is 10.5 Å². The van der Waals surface area contributed by atoms with Gasteiger partial charge in [-0.2, -0.15) is 5.10 Å². The highest BCUT2D eigenvalue weighted by atomic mass is 79.9. The Labute approximate surface area is 142 Å². The van der Waals surface area contributed by atoms with Gasteiger partial charge in [0.05, 0.1) is 11.3 Å². The van der Waals surface area contributed by atoms with Gasteiger partial charge in [0.1, 0.15) is 0 Å². The number of carbonyl (C=O) groups excluding carboxylic acids is 2. The third-order valence-electron chi connectivity index (χ3n) is 3.08. The summed E-state index contributed by atoms with van der Waals surface area (Å²) < 4.78 is 0.656. The van der Waals surface area contributed by atoms with Crippen LogP contribution in [0.5, 0.6) is 0 Å². The SMILES string of the molecule is O=C([O-])CC/C(=N/NC(=O)c1ccccc1Br)c1ccccc1. The highest BCUT2D eigenvalue weighted by Crippen LogP contribution is 2.15. The van der Waals surface area contributed by atoms with Crippen molar-refractivity contribution in [2.24, 2.45) is 5.10 Å². The molecule has 0 aliphatic carbocycles. The topological polar surface area (TPSA) is 81.6 Å². The van der Waals surface area contributed by atoms with Crippen LogP contribution in [-0.4, -0.2) is 17.6 Å². The minimum atomic E-state index is -1.16. The molecule has 1 amide bonds. The van der Waals surface area contributed by atoms with Crippen LogP contribution in [0.1, 0.15) is 28.8 Å². The van der Waals surface area contributed by atoms with E-state index in [4.69, 9.17) is 0 Å².